The van der Waals surface area contributed by atoms with E-state index in [0.29, 0.717) is 6.61 Å². The summed E-state index contributed by atoms with van der Waals surface area (Å²) >= 11 is 0. The van der Waals surface area contributed by atoms with Crippen LogP contribution >= 0.6 is 0 Å². The number of methoxy groups -OCH3 is 1. The number of carbonyl (C=O) groups excluding carboxylic acids is 1. The molecule has 0 bridgehead atoms. The van der Waals surface area contributed by atoms with Crippen LogP contribution in [-0.4, -0.2) is 29.2 Å². The minimum atomic E-state index is -0.683. The molecule has 0 aliphatic heterocycles. The number of hydrogen-bond donors (Lipinski definition) is 0. The number of imidazole rings is 1. The van der Waals surface area contributed by atoms with Crippen molar-refractivity contribution in [2.45, 2.75) is 26.0 Å². The summed E-state index contributed by atoms with van der Waals surface area (Å²) in [6.45, 7) is 3.09. The van der Waals surface area contributed by atoms with Crippen molar-refractivity contribution in [2.24, 2.45) is 0 Å². The van der Waals surface area contributed by atoms with E-state index in [4.69, 9.17) is 9.47 Å². The van der Waals surface area contributed by atoms with Crippen LogP contribution in [0.3, 0.4) is 0 Å². The fraction of sp³-hybridized carbons (Fsp3) is 0.300. The molecule has 0 fully saturated rings. The zero-order chi connectivity index (χ0) is 17.6. The molecular formula is C20H22N2O3. The molecule has 1 heterocycles. The molecule has 2 aromatic carbocycles. The fourth-order valence-electron chi connectivity index (χ4n) is 2.95. The molecule has 1 atom stereocenters. The zero-order valence-corrected chi connectivity index (χ0v) is 14.5. The number of benzene rings is 2. The SMILES string of the molecule is COC(C(=O)OCCCn1c(C)nc2ccccc21)c1ccccc1. The van der Waals surface area contributed by atoms with E-state index < -0.39 is 6.10 Å². The number of aryl methyl sites for hydroxylation is 2. The van der Waals surface area contributed by atoms with Gasteiger partial charge in [-0.2, -0.15) is 0 Å². The van der Waals surface area contributed by atoms with Gasteiger partial charge in [-0.1, -0.05) is 42.5 Å². The number of ether oxygens (including phenoxy) is 2. The van der Waals surface area contributed by atoms with Crippen LogP contribution in [0.1, 0.15) is 23.9 Å². The monoisotopic (exact) mass is 338 g/mol. The molecule has 5 nitrogen and oxygen atoms in total. The Bertz CT molecular complexity index is 843. The van der Waals surface area contributed by atoms with E-state index in [1.165, 1.54) is 7.11 Å². The highest BCUT2D eigenvalue weighted by molar-refractivity contribution is 5.77. The summed E-state index contributed by atoms with van der Waals surface area (Å²) < 4.78 is 12.8. The first-order valence-electron chi connectivity index (χ1n) is 8.37. The normalized spacial score (nSPS) is 12.2. The van der Waals surface area contributed by atoms with E-state index in [1.54, 1.807) is 0 Å². The minimum Gasteiger partial charge on any atom is -0.463 e. The van der Waals surface area contributed by atoms with Gasteiger partial charge in [-0.05, 0) is 31.0 Å². The van der Waals surface area contributed by atoms with Crippen LogP contribution < -0.4 is 0 Å². The molecule has 0 radical (unpaired) electrons. The topological polar surface area (TPSA) is 53.4 Å². The molecular weight excluding hydrogens is 316 g/mol. The van der Waals surface area contributed by atoms with Crippen molar-refractivity contribution in [3.05, 3.63) is 66.0 Å². The first kappa shape index (κ1) is 17.2. The van der Waals surface area contributed by atoms with Crippen molar-refractivity contribution in [1.29, 1.82) is 0 Å². The quantitative estimate of drug-likeness (QED) is 0.487. The Kier molecular flexibility index (Phi) is 5.46. The number of nitrogens with zero attached hydrogens (tertiary/aromatic N) is 2. The highest BCUT2D eigenvalue weighted by Crippen LogP contribution is 2.19. The van der Waals surface area contributed by atoms with Gasteiger partial charge < -0.3 is 14.0 Å². The van der Waals surface area contributed by atoms with Gasteiger partial charge in [0.1, 0.15) is 5.82 Å². The van der Waals surface area contributed by atoms with Crippen LogP contribution in [0.2, 0.25) is 0 Å². The zero-order valence-electron chi connectivity index (χ0n) is 14.5. The smallest absolute Gasteiger partial charge is 0.339 e. The van der Waals surface area contributed by atoms with Gasteiger partial charge in [0.15, 0.2) is 6.10 Å². The van der Waals surface area contributed by atoms with Crippen molar-refractivity contribution >= 4 is 17.0 Å². The first-order chi connectivity index (χ1) is 12.2. The van der Waals surface area contributed by atoms with Gasteiger partial charge in [-0.15, -0.1) is 0 Å². The lowest BCUT2D eigenvalue weighted by molar-refractivity contribution is -0.156. The second-order valence-corrected chi connectivity index (χ2v) is 5.85. The lowest BCUT2D eigenvalue weighted by Gasteiger charge is -2.15. The Morgan fingerprint density at radius 3 is 2.60 bits per heavy atom. The average molecular weight is 338 g/mol. The summed E-state index contributed by atoms with van der Waals surface area (Å²) in [6.07, 6.45) is 0.0371. The van der Waals surface area contributed by atoms with E-state index in [9.17, 15) is 4.79 Å². The molecule has 0 N–H and O–H groups in total. The van der Waals surface area contributed by atoms with E-state index in [0.717, 1.165) is 35.4 Å². The third-order valence-corrected chi connectivity index (χ3v) is 4.17. The summed E-state index contributed by atoms with van der Waals surface area (Å²) in [7, 11) is 1.51. The van der Waals surface area contributed by atoms with Crippen LogP contribution in [0.4, 0.5) is 0 Å². The Hall–Kier alpha value is -2.66. The van der Waals surface area contributed by atoms with E-state index >= 15 is 0 Å². The summed E-state index contributed by atoms with van der Waals surface area (Å²) in [4.78, 5) is 16.8. The lowest BCUT2D eigenvalue weighted by atomic mass is 10.1. The third kappa shape index (κ3) is 3.88. The number of carbonyl (C=O) groups is 1. The second-order valence-electron chi connectivity index (χ2n) is 5.85. The molecule has 1 unspecified atom stereocenters. The Morgan fingerprint density at radius 1 is 1.12 bits per heavy atom. The molecule has 0 aliphatic rings. The molecule has 25 heavy (non-hydrogen) atoms. The van der Waals surface area contributed by atoms with Gasteiger partial charge in [-0.25, -0.2) is 9.78 Å². The molecule has 0 spiro atoms. The number of aromatic nitrogens is 2. The van der Waals surface area contributed by atoms with Crippen molar-refractivity contribution in [1.82, 2.24) is 9.55 Å². The first-order valence-corrected chi connectivity index (χ1v) is 8.37. The highest BCUT2D eigenvalue weighted by Gasteiger charge is 2.21. The minimum absolute atomic E-state index is 0.345. The molecule has 3 rings (SSSR count). The number of hydrogen-bond acceptors (Lipinski definition) is 4. The third-order valence-electron chi connectivity index (χ3n) is 4.17. The summed E-state index contributed by atoms with van der Waals surface area (Å²) in [5, 5.41) is 0. The van der Waals surface area contributed by atoms with Gasteiger partial charge in [0, 0.05) is 13.7 Å². The van der Waals surface area contributed by atoms with Crippen LogP contribution in [0.25, 0.3) is 11.0 Å². The van der Waals surface area contributed by atoms with Crippen LogP contribution in [0, 0.1) is 6.92 Å². The molecule has 130 valence electrons. The van der Waals surface area contributed by atoms with Gasteiger partial charge in [0.25, 0.3) is 0 Å². The predicted octanol–water partition coefficient (Wildman–Crippen LogP) is 3.67. The van der Waals surface area contributed by atoms with E-state index in [1.807, 2.05) is 55.5 Å². The fourth-order valence-corrected chi connectivity index (χ4v) is 2.95. The summed E-state index contributed by atoms with van der Waals surface area (Å²) in [5.41, 5.74) is 2.89. The van der Waals surface area contributed by atoms with E-state index in [-0.39, 0.29) is 5.97 Å². The number of rotatable bonds is 7. The number of esters is 1. The molecule has 3 aromatic rings. The van der Waals surface area contributed by atoms with E-state index in [2.05, 4.69) is 15.6 Å². The van der Waals surface area contributed by atoms with Gasteiger partial charge >= 0.3 is 5.97 Å². The van der Waals surface area contributed by atoms with Gasteiger partial charge in [0.2, 0.25) is 0 Å². The van der Waals surface area contributed by atoms with Crippen molar-refractivity contribution in [2.75, 3.05) is 13.7 Å². The molecule has 0 saturated carbocycles. The summed E-state index contributed by atoms with van der Waals surface area (Å²) in [5.74, 6) is 0.604. The lowest BCUT2D eigenvalue weighted by Crippen LogP contribution is -2.18. The predicted molar refractivity (Wildman–Crippen MR) is 96.2 cm³/mol. The Balaban J connectivity index is 1.55. The maximum atomic E-state index is 12.2. The van der Waals surface area contributed by atoms with Crippen LogP contribution in [0.15, 0.2) is 54.6 Å². The Labute approximate surface area is 147 Å². The maximum absolute atomic E-state index is 12.2. The van der Waals surface area contributed by atoms with Gasteiger partial charge in [0.05, 0.1) is 17.6 Å². The second kappa shape index (κ2) is 7.94. The van der Waals surface area contributed by atoms with Crippen molar-refractivity contribution in [3.8, 4) is 0 Å². The van der Waals surface area contributed by atoms with Crippen LogP contribution in [0.5, 0.6) is 0 Å². The number of para-hydroxylation sites is 2. The number of fused-ring (bicyclic) bond motifs is 1. The van der Waals surface area contributed by atoms with Crippen molar-refractivity contribution in [3.63, 3.8) is 0 Å². The molecule has 1 aromatic heterocycles. The van der Waals surface area contributed by atoms with Crippen LogP contribution in [-0.2, 0) is 20.8 Å². The molecule has 0 saturated heterocycles. The highest BCUT2D eigenvalue weighted by atomic mass is 16.6. The molecule has 0 aliphatic carbocycles. The molecule has 5 heteroatoms. The standard InChI is InChI=1S/C20H22N2O3/c1-15-21-17-11-6-7-12-18(17)22(15)13-8-14-25-20(23)19(24-2)16-9-4-3-5-10-16/h3-7,9-12,19H,8,13-14H2,1-2H3. The average Bonchev–Trinajstić information content (AvgIpc) is 2.95. The largest absolute Gasteiger partial charge is 0.463 e. The van der Waals surface area contributed by atoms with Gasteiger partial charge in [-0.3, -0.25) is 0 Å². The maximum Gasteiger partial charge on any atom is 0.339 e. The Morgan fingerprint density at radius 2 is 1.84 bits per heavy atom. The van der Waals surface area contributed by atoms with Crippen molar-refractivity contribution < 1.29 is 14.3 Å². The molecule has 0 amide bonds. The summed E-state index contributed by atoms with van der Waals surface area (Å²) in [6, 6.07) is 17.4.